The summed E-state index contributed by atoms with van der Waals surface area (Å²) >= 11 is 0. The average molecular weight is 230 g/mol. The van der Waals surface area contributed by atoms with E-state index in [0.29, 0.717) is 12.1 Å². The van der Waals surface area contributed by atoms with Crippen molar-refractivity contribution >= 4 is 11.4 Å². The lowest BCUT2D eigenvalue weighted by molar-refractivity contribution is 0.626. The second-order valence-corrected chi connectivity index (χ2v) is 3.89. The quantitative estimate of drug-likeness (QED) is 0.792. The summed E-state index contributed by atoms with van der Waals surface area (Å²) in [7, 11) is 0. The molecule has 0 spiro atoms. The van der Waals surface area contributed by atoms with E-state index in [1.165, 1.54) is 12.1 Å². The summed E-state index contributed by atoms with van der Waals surface area (Å²) < 4.78 is 13.0. The fraction of sp³-hybridized carbons (Fsp3) is 0.143. The first-order valence-electron chi connectivity index (χ1n) is 5.58. The molecule has 0 aliphatic carbocycles. The van der Waals surface area contributed by atoms with Crippen LogP contribution in [0.25, 0.3) is 0 Å². The smallest absolute Gasteiger partial charge is 0.123 e. The van der Waals surface area contributed by atoms with Crippen molar-refractivity contribution < 1.29 is 4.39 Å². The maximum atomic E-state index is 13.0. The Morgan fingerprint density at radius 3 is 2.59 bits per heavy atom. The first-order chi connectivity index (χ1) is 8.25. The van der Waals surface area contributed by atoms with Gasteiger partial charge in [0.2, 0.25) is 0 Å². The van der Waals surface area contributed by atoms with Crippen LogP contribution in [-0.4, -0.2) is 6.54 Å². The van der Waals surface area contributed by atoms with Crippen molar-refractivity contribution in [3.8, 4) is 0 Å². The van der Waals surface area contributed by atoms with Crippen LogP contribution in [0.3, 0.4) is 0 Å². The van der Waals surface area contributed by atoms with Crippen LogP contribution in [0.2, 0.25) is 0 Å². The third-order valence-corrected chi connectivity index (χ3v) is 2.60. The molecular formula is C14H15FN2. The van der Waals surface area contributed by atoms with Crippen molar-refractivity contribution in [2.24, 2.45) is 0 Å². The van der Waals surface area contributed by atoms with Crippen LogP contribution in [0, 0.1) is 5.82 Å². The van der Waals surface area contributed by atoms with E-state index in [-0.39, 0.29) is 5.82 Å². The van der Waals surface area contributed by atoms with Crippen molar-refractivity contribution in [3.63, 3.8) is 0 Å². The minimum Gasteiger partial charge on any atom is -0.399 e. The molecule has 0 saturated heterocycles. The molecular weight excluding hydrogens is 215 g/mol. The zero-order valence-electron chi connectivity index (χ0n) is 9.49. The van der Waals surface area contributed by atoms with Gasteiger partial charge in [-0.05, 0) is 42.3 Å². The summed E-state index contributed by atoms with van der Waals surface area (Å²) in [6.07, 6.45) is 0.707. The highest BCUT2D eigenvalue weighted by molar-refractivity contribution is 5.48. The minimum absolute atomic E-state index is 0.242. The van der Waals surface area contributed by atoms with Crippen molar-refractivity contribution in [1.82, 2.24) is 0 Å². The van der Waals surface area contributed by atoms with Crippen LogP contribution in [-0.2, 0) is 6.42 Å². The molecule has 0 bridgehead atoms. The van der Waals surface area contributed by atoms with Gasteiger partial charge in [0, 0.05) is 17.9 Å². The Kier molecular flexibility index (Phi) is 3.60. The lowest BCUT2D eigenvalue weighted by atomic mass is 10.1. The Labute approximate surface area is 100 Å². The number of anilines is 2. The van der Waals surface area contributed by atoms with Gasteiger partial charge in [-0.1, -0.05) is 18.2 Å². The zero-order chi connectivity index (χ0) is 12.1. The summed E-state index contributed by atoms with van der Waals surface area (Å²) in [5.41, 5.74) is 8.31. The van der Waals surface area contributed by atoms with Crippen molar-refractivity contribution in [1.29, 1.82) is 0 Å². The van der Waals surface area contributed by atoms with Crippen LogP contribution in [0.15, 0.2) is 48.5 Å². The van der Waals surface area contributed by atoms with Gasteiger partial charge in [0.15, 0.2) is 0 Å². The molecule has 3 heteroatoms. The number of halogens is 1. The second-order valence-electron chi connectivity index (χ2n) is 3.89. The number of rotatable bonds is 4. The van der Waals surface area contributed by atoms with Gasteiger partial charge in [-0.15, -0.1) is 0 Å². The van der Waals surface area contributed by atoms with E-state index >= 15 is 0 Å². The molecule has 0 radical (unpaired) electrons. The van der Waals surface area contributed by atoms with E-state index < -0.39 is 0 Å². The summed E-state index contributed by atoms with van der Waals surface area (Å²) in [5.74, 6) is -0.242. The molecule has 3 N–H and O–H groups in total. The molecule has 0 amide bonds. The summed E-state index contributed by atoms with van der Waals surface area (Å²) in [5, 5.41) is 3.26. The largest absolute Gasteiger partial charge is 0.399 e. The van der Waals surface area contributed by atoms with Crippen molar-refractivity contribution in [2.45, 2.75) is 6.42 Å². The molecule has 2 rings (SSSR count). The van der Waals surface area contributed by atoms with Crippen molar-refractivity contribution in [2.75, 3.05) is 17.6 Å². The Hall–Kier alpha value is -2.03. The van der Waals surface area contributed by atoms with Crippen LogP contribution in [0.4, 0.5) is 15.8 Å². The maximum Gasteiger partial charge on any atom is 0.123 e. The molecule has 2 nitrogen and oxygen atoms in total. The number of hydrogen-bond donors (Lipinski definition) is 2. The van der Waals surface area contributed by atoms with Crippen LogP contribution >= 0.6 is 0 Å². The fourth-order valence-corrected chi connectivity index (χ4v) is 1.69. The second kappa shape index (κ2) is 5.34. The molecule has 0 heterocycles. The fourth-order valence-electron chi connectivity index (χ4n) is 1.69. The molecule has 88 valence electrons. The minimum atomic E-state index is -0.242. The molecule has 2 aromatic carbocycles. The first-order valence-corrected chi connectivity index (χ1v) is 5.58. The summed E-state index contributed by atoms with van der Waals surface area (Å²) in [6.45, 7) is 0.734. The van der Waals surface area contributed by atoms with E-state index in [1.54, 1.807) is 6.07 Å². The van der Waals surface area contributed by atoms with Gasteiger partial charge in [-0.25, -0.2) is 4.39 Å². The number of benzene rings is 2. The van der Waals surface area contributed by atoms with Gasteiger partial charge in [-0.3, -0.25) is 0 Å². The molecule has 2 aromatic rings. The summed E-state index contributed by atoms with van der Waals surface area (Å²) in [4.78, 5) is 0. The van der Waals surface area contributed by atoms with Gasteiger partial charge in [0.05, 0.1) is 0 Å². The van der Waals surface area contributed by atoms with Crippen LogP contribution in [0.1, 0.15) is 5.56 Å². The van der Waals surface area contributed by atoms with E-state index in [9.17, 15) is 4.39 Å². The highest BCUT2D eigenvalue weighted by Crippen LogP contribution is 2.14. The topological polar surface area (TPSA) is 38.0 Å². The van der Waals surface area contributed by atoms with E-state index in [2.05, 4.69) is 5.32 Å². The van der Waals surface area contributed by atoms with Crippen molar-refractivity contribution in [3.05, 3.63) is 59.9 Å². The maximum absolute atomic E-state index is 13.0. The predicted octanol–water partition coefficient (Wildman–Crippen LogP) is 3.06. The normalized spacial score (nSPS) is 10.2. The lowest BCUT2D eigenvalue weighted by Crippen LogP contribution is -2.06. The molecule has 0 aromatic heterocycles. The molecule has 0 atom stereocenters. The summed E-state index contributed by atoms with van der Waals surface area (Å²) in [6, 6.07) is 14.4. The Morgan fingerprint density at radius 2 is 1.82 bits per heavy atom. The molecule has 17 heavy (non-hydrogen) atoms. The first kappa shape index (κ1) is 11.5. The van der Waals surface area contributed by atoms with Gasteiger partial charge >= 0.3 is 0 Å². The zero-order valence-corrected chi connectivity index (χ0v) is 9.49. The molecule has 0 aliphatic heterocycles. The standard InChI is InChI=1S/C14H15FN2/c15-12-6-7-14(16)11(10-12)8-9-17-13-4-2-1-3-5-13/h1-7,10,17H,8-9,16H2. The Bertz CT molecular complexity index is 483. The predicted molar refractivity (Wildman–Crippen MR) is 69.4 cm³/mol. The average Bonchev–Trinajstić information content (AvgIpc) is 2.35. The van der Waals surface area contributed by atoms with Crippen LogP contribution < -0.4 is 11.1 Å². The molecule has 0 aliphatic rings. The number of nitrogens with one attached hydrogen (secondary N) is 1. The molecule has 0 unspecified atom stereocenters. The van der Waals surface area contributed by atoms with E-state index in [1.807, 2.05) is 30.3 Å². The van der Waals surface area contributed by atoms with E-state index in [4.69, 9.17) is 5.73 Å². The number of para-hydroxylation sites is 1. The highest BCUT2D eigenvalue weighted by Gasteiger charge is 2.00. The monoisotopic (exact) mass is 230 g/mol. The lowest BCUT2D eigenvalue weighted by Gasteiger charge is -2.08. The number of hydrogen-bond acceptors (Lipinski definition) is 2. The van der Waals surface area contributed by atoms with Gasteiger partial charge in [-0.2, -0.15) is 0 Å². The van der Waals surface area contributed by atoms with Gasteiger partial charge in [0.1, 0.15) is 5.82 Å². The third-order valence-electron chi connectivity index (χ3n) is 2.60. The van der Waals surface area contributed by atoms with Crippen LogP contribution in [0.5, 0.6) is 0 Å². The highest BCUT2D eigenvalue weighted by atomic mass is 19.1. The van der Waals surface area contributed by atoms with Gasteiger partial charge in [0.25, 0.3) is 0 Å². The SMILES string of the molecule is Nc1ccc(F)cc1CCNc1ccccc1. The number of nitrogen functional groups attached to an aromatic ring is 1. The molecule has 0 fully saturated rings. The Balaban J connectivity index is 1.92. The Morgan fingerprint density at radius 1 is 1.06 bits per heavy atom. The van der Waals surface area contributed by atoms with E-state index in [0.717, 1.165) is 17.8 Å². The molecule has 0 saturated carbocycles. The third kappa shape index (κ3) is 3.21. The number of nitrogens with two attached hydrogens (primary N) is 1. The van der Waals surface area contributed by atoms with Gasteiger partial charge < -0.3 is 11.1 Å².